The summed E-state index contributed by atoms with van der Waals surface area (Å²) in [7, 11) is -1.36. The van der Waals surface area contributed by atoms with Crippen LogP contribution in [0.5, 0.6) is 0 Å². The fourth-order valence-corrected chi connectivity index (χ4v) is 4.61. The zero-order chi connectivity index (χ0) is 19.5. The van der Waals surface area contributed by atoms with E-state index in [4.69, 9.17) is 0 Å². The summed E-state index contributed by atoms with van der Waals surface area (Å²) in [5, 5.41) is 3.33. The van der Waals surface area contributed by atoms with Gasteiger partial charge in [0.05, 0.1) is 17.0 Å². The SMILES string of the molecule is CN=C(NCc1nccn1Cc1ccccc1)N1CCS(=O)(=O)C(C)(C)C1. The Hall–Kier alpha value is -2.35. The minimum absolute atomic E-state index is 0.142. The van der Waals surface area contributed by atoms with Crippen molar-refractivity contribution in [2.75, 3.05) is 25.9 Å². The molecule has 0 aliphatic carbocycles. The molecule has 0 unspecified atom stereocenters. The summed E-state index contributed by atoms with van der Waals surface area (Å²) < 4.78 is 25.8. The van der Waals surface area contributed by atoms with E-state index in [-0.39, 0.29) is 5.75 Å². The molecule has 1 aliphatic rings. The highest BCUT2D eigenvalue weighted by molar-refractivity contribution is 7.92. The third kappa shape index (κ3) is 4.32. The summed E-state index contributed by atoms with van der Waals surface area (Å²) in [6.07, 6.45) is 3.75. The van der Waals surface area contributed by atoms with Gasteiger partial charge in [-0.1, -0.05) is 30.3 Å². The van der Waals surface area contributed by atoms with Crippen LogP contribution in [0.25, 0.3) is 0 Å². The molecule has 1 saturated heterocycles. The predicted molar refractivity (Wildman–Crippen MR) is 107 cm³/mol. The van der Waals surface area contributed by atoms with Gasteiger partial charge in [0.2, 0.25) is 0 Å². The maximum atomic E-state index is 12.2. The van der Waals surface area contributed by atoms with Gasteiger partial charge < -0.3 is 14.8 Å². The molecular weight excluding hydrogens is 362 g/mol. The molecule has 0 saturated carbocycles. The Kier molecular flexibility index (Phi) is 5.55. The molecule has 146 valence electrons. The Morgan fingerprint density at radius 3 is 2.70 bits per heavy atom. The zero-order valence-corrected chi connectivity index (χ0v) is 16.9. The van der Waals surface area contributed by atoms with Gasteiger partial charge in [-0.05, 0) is 19.4 Å². The Labute approximate surface area is 161 Å². The van der Waals surface area contributed by atoms with E-state index in [2.05, 4.69) is 32.0 Å². The summed E-state index contributed by atoms with van der Waals surface area (Å²) in [4.78, 5) is 10.8. The Bertz CT molecular complexity index is 903. The summed E-state index contributed by atoms with van der Waals surface area (Å²) in [6.45, 7) is 5.70. The van der Waals surface area contributed by atoms with Gasteiger partial charge >= 0.3 is 0 Å². The number of aliphatic imine (C=N–C) groups is 1. The van der Waals surface area contributed by atoms with Crippen LogP contribution in [0, 0.1) is 0 Å². The van der Waals surface area contributed by atoms with Crippen LogP contribution in [0.4, 0.5) is 0 Å². The van der Waals surface area contributed by atoms with E-state index in [1.807, 2.05) is 29.3 Å². The highest BCUT2D eigenvalue weighted by atomic mass is 32.2. The van der Waals surface area contributed by atoms with Crippen molar-refractivity contribution in [3.8, 4) is 0 Å². The third-order valence-electron chi connectivity index (χ3n) is 4.96. The highest BCUT2D eigenvalue weighted by Gasteiger charge is 2.40. The van der Waals surface area contributed by atoms with Gasteiger partial charge in [-0.2, -0.15) is 0 Å². The van der Waals surface area contributed by atoms with Gasteiger partial charge in [-0.3, -0.25) is 4.99 Å². The molecule has 0 atom stereocenters. The van der Waals surface area contributed by atoms with Crippen molar-refractivity contribution in [2.24, 2.45) is 4.99 Å². The molecule has 1 aromatic heterocycles. The van der Waals surface area contributed by atoms with Crippen LogP contribution < -0.4 is 5.32 Å². The van der Waals surface area contributed by atoms with Gasteiger partial charge in [0.25, 0.3) is 0 Å². The molecule has 27 heavy (non-hydrogen) atoms. The first-order valence-corrected chi connectivity index (χ1v) is 10.7. The van der Waals surface area contributed by atoms with E-state index in [1.54, 1.807) is 27.1 Å². The van der Waals surface area contributed by atoms with Crippen LogP contribution in [-0.2, 0) is 22.9 Å². The molecule has 1 N–H and O–H groups in total. The molecule has 1 aromatic carbocycles. The molecule has 2 aromatic rings. The van der Waals surface area contributed by atoms with Crippen molar-refractivity contribution in [1.29, 1.82) is 0 Å². The van der Waals surface area contributed by atoms with Crippen molar-refractivity contribution in [2.45, 2.75) is 31.7 Å². The lowest BCUT2D eigenvalue weighted by atomic mass is 10.2. The molecule has 0 bridgehead atoms. The van der Waals surface area contributed by atoms with Crippen LogP contribution >= 0.6 is 0 Å². The second-order valence-electron chi connectivity index (χ2n) is 7.36. The Morgan fingerprint density at radius 1 is 1.30 bits per heavy atom. The van der Waals surface area contributed by atoms with Crippen molar-refractivity contribution in [3.63, 3.8) is 0 Å². The highest BCUT2D eigenvalue weighted by Crippen LogP contribution is 2.23. The van der Waals surface area contributed by atoms with E-state index in [0.29, 0.717) is 25.6 Å². The van der Waals surface area contributed by atoms with Crippen LogP contribution in [0.15, 0.2) is 47.7 Å². The van der Waals surface area contributed by atoms with E-state index in [9.17, 15) is 8.42 Å². The summed E-state index contributed by atoms with van der Waals surface area (Å²) in [5.41, 5.74) is 1.21. The van der Waals surface area contributed by atoms with Crippen molar-refractivity contribution < 1.29 is 8.42 Å². The van der Waals surface area contributed by atoms with E-state index in [0.717, 1.165) is 12.4 Å². The van der Waals surface area contributed by atoms with Gasteiger partial charge in [-0.15, -0.1) is 0 Å². The average molecular weight is 390 g/mol. The Balaban J connectivity index is 1.65. The number of hydrogen-bond acceptors (Lipinski definition) is 4. The molecule has 3 rings (SSSR count). The number of sulfone groups is 1. The minimum atomic E-state index is -3.08. The van der Waals surface area contributed by atoms with Gasteiger partial charge in [0.1, 0.15) is 5.82 Å². The summed E-state index contributed by atoms with van der Waals surface area (Å²) in [5.74, 6) is 1.75. The summed E-state index contributed by atoms with van der Waals surface area (Å²) in [6, 6.07) is 10.2. The standard InChI is InChI=1S/C19H27N5O2S/c1-19(2)15-24(11-12-27(19,25)26)18(20-3)22-13-17-21-9-10-23(17)14-16-7-5-4-6-8-16/h4-10H,11-15H2,1-3H3,(H,20,22). The molecule has 1 aliphatic heterocycles. The number of aromatic nitrogens is 2. The average Bonchev–Trinajstić information content (AvgIpc) is 3.06. The molecule has 2 heterocycles. The fraction of sp³-hybridized carbons (Fsp3) is 0.474. The predicted octanol–water partition coefficient (Wildman–Crippen LogP) is 1.52. The lowest BCUT2D eigenvalue weighted by Gasteiger charge is -2.39. The first-order chi connectivity index (χ1) is 12.8. The second-order valence-corrected chi connectivity index (χ2v) is 10.1. The number of guanidine groups is 1. The lowest BCUT2D eigenvalue weighted by molar-refractivity contribution is 0.352. The number of imidazole rings is 1. The smallest absolute Gasteiger partial charge is 0.194 e. The maximum Gasteiger partial charge on any atom is 0.194 e. The number of rotatable bonds is 4. The second kappa shape index (κ2) is 7.72. The Morgan fingerprint density at radius 2 is 2.04 bits per heavy atom. The van der Waals surface area contributed by atoms with Crippen LogP contribution in [0.3, 0.4) is 0 Å². The number of benzene rings is 1. The quantitative estimate of drug-likeness (QED) is 0.633. The van der Waals surface area contributed by atoms with E-state index >= 15 is 0 Å². The fourth-order valence-electron chi connectivity index (χ4n) is 3.25. The van der Waals surface area contributed by atoms with Crippen molar-refractivity contribution in [3.05, 3.63) is 54.1 Å². The lowest BCUT2D eigenvalue weighted by Crippen LogP contribution is -2.57. The van der Waals surface area contributed by atoms with E-state index in [1.165, 1.54) is 5.56 Å². The maximum absolute atomic E-state index is 12.2. The van der Waals surface area contributed by atoms with Crippen LogP contribution in [0.2, 0.25) is 0 Å². The first kappa shape index (κ1) is 19.4. The van der Waals surface area contributed by atoms with E-state index < -0.39 is 14.6 Å². The molecule has 1 fully saturated rings. The first-order valence-electron chi connectivity index (χ1n) is 9.04. The number of nitrogens with one attached hydrogen (secondary N) is 1. The topological polar surface area (TPSA) is 79.6 Å². The number of nitrogens with zero attached hydrogens (tertiary/aromatic N) is 4. The zero-order valence-electron chi connectivity index (χ0n) is 16.1. The molecule has 0 spiro atoms. The van der Waals surface area contributed by atoms with Crippen molar-refractivity contribution >= 4 is 15.8 Å². The van der Waals surface area contributed by atoms with Gasteiger partial charge in [0, 0.05) is 39.1 Å². The van der Waals surface area contributed by atoms with Crippen LogP contribution in [0.1, 0.15) is 25.2 Å². The molecule has 0 radical (unpaired) electrons. The normalized spacial score (nSPS) is 19.1. The van der Waals surface area contributed by atoms with Crippen molar-refractivity contribution in [1.82, 2.24) is 19.8 Å². The molecule has 0 amide bonds. The van der Waals surface area contributed by atoms with Gasteiger partial charge in [-0.25, -0.2) is 13.4 Å². The summed E-state index contributed by atoms with van der Waals surface area (Å²) >= 11 is 0. The molecule has 7 nitrogen and oxygen atoms in total. The number of hydrogen-bond donors (Lipinski definition) is 1. The minimum Gasteiger partial charge on any atom is -0.349 e. The largest absolute Gasteiger partial charge is 0.349 e. The monoisotopic (exact) mass is 389 g/mol. The van der Waals surface area contributed by atoms with Crippen LogP contribution in [-0.4, -0.2) is 59.5 Å². The molecule has 8 heteroatoms. The third-order valence-corrected chi connectivity index (χ3v) is 7.49. The molecular formula is C19H27N5O2S. The van der Waals surface area contributed by atoms with Gasteiger partial charge in [0.15, 0.2) is 15.8 Å².